The summed E-state index contributed by atoms with van der Waals surface area (Å²) in [5.41, 5.74) is -1.63. The van der Waals surface area contributed by atoms with Crippen LogP contribution in [0.4, 0.5) is 5.13 Å². The molecule has 0 aliphatic heterocycles. The van der Waals surface area contributed by atoms with Gasteiger partial charge >= 0.3 is 0 Å². The number of anilines is 1. The fourth-order valence-electron chi connectivity index (χ4n) is 2.93. The molecule has 1 heterocycles. The number of carbonyl (C=O) groups is 2. The first-order valence-electron chi connectivity index (χ1n) is 6.63. The van der Waals surface area contributed by atoms with E-state index in [9.17, 15) is 14.7 Å². The Kier molecular flexibility index (Phi) is 3.62. The normalized spacial score (nSPS) is 28.3. The molecule has 5 nitrogen and oxygen atoms in total. The van der Waals surface area contributed by atoms with Crippen molar-refractivity contribution in [3.8, 4) is 0 Å². The molecular formula is C14H19N2O3S-. The molecule has 1 aliphatic carbocycles. The number of thiazole rings is 1. The van der Waals surface area contributed by atoms with Gasteiger partial charge in [0.15, 0.2) is 5.13 Å². The number of aryl methyl sites for hydroxylation is 1. The fraction of sp³-hybridized carbons (Fsp3) is 0.643. The van der Waals surface area contributed by atoms with Gasteiger partial charge in [0.05, 0.1) is 0 Å². The lowest BCUT2D eigenvalue weighted by molar-refractivity contribution is -0.323. The number of amides is 1. The van der Waals surface area contributed by atoms with Gasteiger partial charge in [-0.3, -0.25) is 4.79 Å². The summed E-state index contributed by atoms with van der Waals surface area (Å²) in [5.74, 6) is -1.59. The second-order valence-electron chi connectivity index (χ2n) is 6.20. The van der Waals surface area contributed by atoms with Crippen LogP contribution < -0.4 is 10.4 Å². The van der Waals surface area contributed by atoms with Gasteiger partial charge < -0.3 is 15.2 Å². The van der Waals surface area contributed by atoms with E-state index in [1.54, 1.807) is 13.1 Å². The Morgan fingerprint density at radius 1 is 1.45 bits per heavy atom. The Bertz CT molecular complexity index is 552. The number of nitrogens with zero attached hydrogens (tertiary/aromatic N) is 1. The van der Waals surface area contributed by atoms with Crippen molar-refractivity contribution in [2.45, 2.75) is 40.5 Å². The highest BCUT2D eigenvalue weighted by atomic mass is 32.1. The van der Waals surface area contributed by atoms with Crippen molar-refractivity contribution in [1.29, 1.82) is 0 Å². The molecule has 1 saturated carbocycles. The van der Waals surface area contributed by atoms with Crippen LogP contribution >= 0.6 is 11.3 Å². The standard InChI is InChI=1S/C14H20N2O3S/c1-8-7-15-12(20-8)16-10(17)9-5-6-14(4,11(18)19)13(9,2)3/h7,9H,5-6H2,1-4H3,(H,18,19)(H,15,16,17)/p-1/t9-,14+/m0/s1. The topological polar surface area (TPSA) is 82.1 Å². The number of rotatable bonds is 3. The molecule has 1 N–H and O–H groups in total. The molecule has 6 heteroatoms. The summed E-state index contributed by atoms with van der Waals surface area (Å²) < 4.78 is 0. The maximum Gasteiger partial charge on any atom is 0.229 e. The molecule has 2 atom stereocenters. The highest BCUT2D eigenvalue weighted by Gasteiger charge is 2.54. The van der Waals surface area contributed by atoms with Gasteiger partial charge in [-0.2, -0.15) is 0 Å². The van der Waals surface area contributed by atoms with Crippen molar-refractivity contribution in [3.63, 3.8) is 0 Å². The second kappa shape index (κ2) is 4.84. The van der Waals surface area contributed by atoms with Crippen LogP contribution in [0.2, 0.25) is 0 Å². The molecular weight excluding hydrogens is 276 g/mol. The van der Waals surface area contributed by atoms with E-state index in [0.29, 0.717) is 18.0 Å². The SMILES string of the molecule is Cc1cnc(NC(=O)[C@@H]2CC[C@](C)(C(=O)[O-])C2(C)C)s1. The Morgan fingerprint density at radius 2 is 2.10 bits per heavy atom. The third kappa shape index (κ3) is 2.22. The van der Waals surface area contributed by atoms with E-state index >= 15 is 0 Å². The summed E-state index contributed by atoms with van der Waals surface area (Å²) in [4.78, 5) is 28.9. The number of hydrogen-bond acceptors (Lipinski definition) is 5. The minimum Gasteiger partial charge on any atom is -0.550 e. The third-order valence-corrected chi connectivity index (χ3v) is 5.67. The van der Waals surface area contributed by atoms with Crippen molar-refractivity contribution in [2.24, 2.45) is 16.7 Å². The predicted molar refractivity (Wildman–Crippen MR) is 75.1 cm³/mol. The van der Waals surface area contributed by atoms with Gasteiger partial charge in [0.25, 0.3) is 0 Å². The van der Waals surface area contributed by atoms with Crippen LogP contribution in [-0.4, -0.2) is 16.9 Å². The predicted octanol–water partition coefficient (Wildman–Crippen LogP) is 1.58. The lowest BCUT2D eigenvalue weighted by Crippen LogP contribution is -2.49. The van der Waals surface area contributed by atoms with Crippen molar-refractivity contribution in [1.82, 2.24) is 4.98 Å². The van der Waals surface area contributed by atoms with E-state index in [1.807, 2.05) is 20.8 Å². The molecule has 1 aliphatic rings. The zero-order chi connectivity index (χ0) is 15.1. The number of carboxylic acids is 1. The largest absolute Gasteiger partial charge is 0.550 e. The Hall–Kier alpha value is -1.43. The molecule has 2 rings (SSSR count). The quantitative estimate of drug-likeness (QED) is 0.918. The van der Waals surface area contributed by atoms with E-state index in [1.165, 1.54) is 11.3 Å². The molecule has 0 unspecified atom stereocenters. The maximum absolute atomic E-state index is 12.4. The first kappa shape index (κ1) is 15.0. The third-order valence-electron chi connectivity index (χ3n) is 4.84. The number of hydrogen-bond donors (Lipinski definition) is 1. The minimum absolute atomic E-state index is 0.158. The van der Waals surface area contributed by atoms with Gasteiger partial charge in [-0.1, -0.05) is 20.8 Å². The van der Waals surface area contributed by atoms with E-state index in [4.69, 9.17) is 0 Å². The van der Waals surface area contributed by atoms with Gasteiger partial charge in [-0.15, -0.1) is 11.3 Å². The number of carbonyl (C=O) groups excluding carboxylic acids is 2. The summed E-state index contributed by atoms with van der Waals surface area (Å²) in [6.07, 6.45) is 2.70. The highest BCUT2D eigenvalue weighted by molar-refractivity contribution is 7.15. The van der Waals surface area contributed by atoms with E-state index in [2.05, 4.69) is 10.3 Å². The van der Waals surface area contributed by atoms with E-state index < -0.39 is 16.8 Å². The van der Waals surface area contributed by atoms with Crippen LogP contribution in [0.15, 0.2) is 6.20 Å². The lowest BCUT2D eigenvalue weighted by Gasteiger charge is -2.41. The summed E-state index contributed by atoms with van der Waals surface area (Å²) in [7, 11) is 0. The van der Waals surface area contributed by atoms with Crippen LogP contribution in [0.1, 0.15) is 38.5 Å². The molecule has 0 bridgehead atoms. The summed E-state index contributed by atoms with van der Waals surface area (Å²) in [6, 6.07) is 0. The van der Waals surface area contributed by atoms with Crippen molar-refractivity contribution >= 4 is 28.3 Å². The average molecular weight is 295 g/mol. The number of nitrogens with one attached hydrogen (secondary N) is 1. The van der Waals surface area contributed by atoms with Crippen LogP contribution in [0, 0.1) is 23.7 Å². The van der Waals surface area contributed by atoms with Crippen LogP contribution in [-0.2, 0) is 9.59 Å². The zero-order valence-corrected chi connectivity index (χ0v) is 13.0. The molecule has 0 radical (unpaired) electrons. The van der Waals surface area contributed by atoms with Crippen molar-refractivity contribution in [2.75, 3.05) is 5.32 Å². The monoisotopic (exact) mass is 295 g/mol. The van der Waals surface area contributed by atoms with Crippen molar-refractivity contribution < 1.29 is 14.7 Å². The minimum atomic E-state index is -1.08. The molecule has 1 fully saturated rings. The fourth-order valence-corrected chi connectivity index (χ4v) is 3.60. The number of carboxylic acid groups (broad SMARTS) is 1. The Morgan fingerprint density at radius 3 is 2.55 bits per heavy atom. The highest BCUT2D eigenvalue weighted by Crippen LogP contribution is 2.55. The first-order chi connectivity index (χ1) is 9.18. The van der Waals surface area contributed by atoms with Gasteiger partial charge in [-0.05, 0) is 25.2 Å². The van der Waals surface area contributed by atoms with Gasteiger partial charge in [0.1, 0.15) is 0 Å². The Balaban J connectivity index is 2.18. The van der Waals surface area contributed by atoms with Gasteiger partial charge in [-0.25, -0.2) is 4.98 Å². The smallest absolute Gasteiger partial charge is 0.229 e. The summed E-state index contributed by atoms with van der Waals surface area (Å²) in [6.45, 7) is 7.24. The molecule has 20 heavy (non-hydrogen) atoms. The zero-order valence-electron chi connectivity index (χ0n) is 12.1. The Labute approximate surface area is 122 Å². The molecule has 0 saturated heterocycles. The second-order valence-corrected chi connectivity index (χ2v) is 7.43. The van der Waals surface area contributed by atoms with Crippen molar-refractivity contribution in [3.05, 3.63) is 11.1 Å². The lowest BCUT2D eigenvalue weighted by atomic mass is 9.65. The molecule has 0 aromatic carbocycles. The average Bonchev–Trinajstić information content (AvgIpc) is 2.83. The van der Waals surface area contributed by atoms with E-state index in [-0.39, 0.29) is 11.8 Å². The van der Waals surface area contributed by atoms with Crippen LogP contribution in [0.25, 0.3) is 0 Å². The van der Waals surface area contributed by atoms with Crippen LogP contribution in [0.5, 0.6) is 0 Å². The molecule has 1 aromatic rings. The summed E-state index contributed by atoms with van der Waals surface area (Å²) >= 11 is 1.41. The molecule has 1 amide bonds. The van der Waals surface area contributed by atoms with Crippen LogP contribution in [0.3, 0.4) is 0 Å². The van der Waals surface area contributed by atoms with E-state index in [0.717, 1.165) is 4.88 Å². The number of aromatic nitrogens is 1. The van der Waals surface area contributed by atoms with Gasteiger partial charge in [0.2, 0.25) is 5.91 Å². The summed E-state index contributed by atoms with van der Waals surface area (Å²) in [5, 5.41) is 14.8. The van der Waals surface area contributed by atoms with Gasteiger partial charge in [0, 0.05) is 28.4 Å². The number of aliphatic carboxylic acids is 1. The molecule has 110 valence electrons. The molecule has 0 spiro atoms. The maximum atomic E-state index is 12.4. The first-order valence-corrected chi connectivity index (χ1v) is 7.45. The molecule has 1 aromatic heterocycles.